The van der Waals surface area contributed by atoms with Crippen LogP contribution in [0.5, 0.6) is 0 Å². The minimum Gasteiger partial charge on any atom is -0.309 e. The molecule has 1 nitrogen and oxygen atoms in total. The van der Waals surface area contributed by atoms with Gasteiger partial charge in [0.25, 0.3) is 0 Å². The first-order valence-electron chi connectivity index (χ1n) is 7.05. The smallest absolute Gasteiger partial charge is 0.0348 e. The van der Waals surface area contributed by atoms with E-state index in [0.29, 0.717) is 11.5 Å². The molecule has 0 aliphatic heterocycles. The van der Waals surface area contributed by atoms with Crippen molar-refractivity contribution in [1.82, 2.24) is 5.32 Å². The monoisotopic (exact) mass is 229 g/mol. The SMILES string of the molecule is CC1(CNC(c2ccccc2)C2CC2)CCC1. The summed E-state index contributed by atoms with van der Waals surface area (Å²) in [5, 5.41) is 3.84. The molecule has 0 heterocycles. The molecule has 0 bridgehead atoms. The van der Waals surface area contributed by atoms with Crippen LogP contribution in [0, 0.1) is 11.3 Å². The Morgan fingerprint density at radius 1 is 1.24 bits per heavy atom. The van der Waals surface area contributed by atoms with E-state index in [-0.39, 0.29) is 0 Å². The van der Waals surface area contributed by atoms with E-state index < -0.39 is 0 Å². The molecule has 2 saturated carbocycles. The van der Waals surface area contributed by atoms with Gasteiger partial charge in [0.05, 0.1) is 0 Å². The zero-order chi connectivity index (χ0) is 11.7. The predicted octanol–water partition coefficient (Wildman–Crippen LogP) is 3.92. The highest BCUT2D eigenvalue weighted by Gasteiger charge is 2.36. The highest BCUT2D eigenvalue weighted by molar-refractivity contribution is 5.21. The molecule has 1 aromatic rings. The summed E-state index contributed by atoms with van der Waals surface area (Å²) in [5.41, 5.74) is 2.07. The molecule has 0 aromatic heterocycles. The summed E-state index contributed by atoms with van der Waals surface area (Å²) >= 11 is 0. The Kier molecular flexibility index (Phi) is 2.96. The van der Waals surface area contributed by atoms with Gasteiger partial charge in [0.15, 0.2) is 0 Å². The van der Waals surface area contributed by atoms with Crippen LogP contribution >= 0.6 is 0 Å². The van der Waals surface area contributed by atoms with Crippen molar-refractivity contribution in [2.75, 3.05) is 6.54 Å². The predicted molar refractivity (Wildman–Crippen MR) is 71.9 cm³/mol. The third kappa shape index (κ3) is 2.55. The Labute approximate surface area is 105 Å². The molecule has 1 unspecified atom stereocenters. The molecule has 3 rings (SSSR count). The molecule has 17 heavy (non-hydrogen) atoms. The van der Waals surface area contributed by atoms with Crippen molar-refractivity contribution in [2.24, 2.45) is 11.3 Å². The first kappa shape index (κ1) is 11.3. The standard InChI is InChI=1S/C16H23N/c1-16(10-5-11-16)12-17-15(14-8-9-14)13-6-3-2-4-7-13/h2-4,6-7,14-15,17H,5,8-12H2,1H3. The summed E-state index contributed by atoms with van der Waals surface area (Å²) in [6.45, 7) is 3.63. The van der Waals surface area contributed by atoms with Gasteiger partial charge in [-0.05, 0) is 42.6 Å². The Bertz CT molecular complexity index is 362. The molecule has 2 aliphatic rings. The number of nitrogens with one attached hydrogen (secondary N) is 1. The van der Waals surface area contributed by atoms with Gasteiger partial charge in [-0.25, -0.2) is 0 Å². The molecular weight excluding hydrogens is 206 g/mol. The minimum atomic E-state index is 0.585. The molecular formula is C16H23N. The maximum absolute atomic E-state index is 3.84. The van der Waals surface area contributed by atoms with Gasteiger partial charge < -0.3 is 5.32 Å². The van der Waals surface area contributed by atoms with Crippen molar-refractivity contribution in [2.45, 2.75) is 45.1 Å². The van der Waals surface area contributed by atoms with Crippen molar-refractivity contribution in [3.8, 4) is 0 Å². The summed E-state index contributed by atoms with van der Waals surface area (Å²) in [5.74, 6) is 0.890. The maximum Gasteiger partial charge on any atom is 0.0348 e. The highest BCUT2D eigenvalue weighted by Crippen LogP contribution is 2.43. The fraction of sp³-hybridized carbons (Fsp3) is 0.625. The molecule has 1 atom stereocenters. The van der Waals surface area contributed by atoms with Crippen molar-refractivity contribution < 1.29 is 0 Å². The largest absolute Gasteiger partial charge is 0.309 e. The maximum atomic E-state index is 3.84. The number of hydrogen-bond acceptors (Lipinski definition) is 1. The van der Waals surface area contributed by atoms with E-state index in [9.17, 15) is 0 Å². The summed E-state index contributed by atoms with van der Waals surface area (Å²) in [4.78, 5) is 0. The van der Waals surface area contributed by atoms with Gasteiger partial charge in [0.2, 0.25) is 0 Å². The first-order valence-corrected chi connectivity index (χ1v) is 7.05. The zero-order valence-corrected chi connectivity index (χ0v) is 10.8. The van der Waals surface area contributed by atoms with Gasteiger partial charge in [-0.2, -0.15) is 0 Å². The van der Waals surface area contributed by atoms with Crippen LogP contribution in [-0.2, 0) is 0 Å². The Balaban J connectivity index is 1.64. The molecule has 92 valence electrons. The number of rotatable bonds is 5. The van der Waals surface area contributed by atoms with E-state index in [1.54, 1.807) is 0 Å². The fourth-order valence-electron chi connectivity index (χ4n) is 2.96. The molecule has 0 saturated heterocycles. The Morgan fingerprint density at radius 2 is 1.94 bits per heavy atom. The Morgan fingerprint density at radius 3 is 2.47 bits per heavy atom. The summed E-state index contributed by atoms with van der Waals surface area (Å²) in [6, 6.07) is 11.6. The fourth-order valence-corrected chi connectivity index (χ4v) is 2.96. The van der Waals surface area contributed by atoms with Crippen LogP contribution in [0.3, 0.4) is 0 Å². The quantitative estimate of drug-likeness (QED) is 0.807. The van der Waals surface area contributed by atoms with Crippen LogP contribution in [-0.4, -0.2) is 6.54 Å². The molecule has 1 N–H and O–H groups in total. The third-order valence-electron chi connectivity index (χ3n) is 4.56. The first-order chi connectivity index (χ1) is 8.27. The Hall–Kier alpha value is -0.820. The van der Waals surface area contributed by atoms with Crippen LogP contribution in [0.2, 0.25) is 0 Å². The second-order valence-corrected chi connectivity index (χ2v) is 6.27. The molecule has 1 heteroatoms. The molecule has 2 fully saturated rings. The van der Waals surface area contributed by atoms with Gasteiger partial charge in [-0.3, -0.25) is 0 Å². The average Bonchev–Trinajstić information content (AvgIpc) is 3.13. The number of benzene rings is 1. The van der Waals surface area contributed by atoms with Crippen molar-refractivity contribution in [3.63, 3.8) is 0 Å². The van der Waals surface area contributed by atoms with Gasteiger partial charge >= 0.3 is 0 Å². The lowest BCUT2D eigenvalue weighted by Gasteiger charge is -2.40. The molecule has 2 aliphatic carbocycles. The second kappa shape index (κ2) is 4.45. The van der Waals surface area contributed by atoms with Crippen LogP contribution in [0.1, 0.15) is 50.6 Å². The lowest BCUT2D eigenvalue weighted by atomic mass is 9.70. The minimum absolute atomic E-state index is 0.585. The van der Waals surface area contributed by atoms with E-state index in [1.165, 1.54) is 44.2 Å². The van der Waals surface area contributed by atoms with Crippen LogP contribution in [0.4, 0.5) is 0 Å². The highest BCUT2D eigenvalue weighted by atomic mass is 14.9. The summed E-state index contributed by atoms with van der Waals surface area (Å²) in [6.07, 6.45) is 7.06. The summed E-state index contributed by atoms with van der Waals surface area (Å²) < 4.78 is 0. The summed E-state index contributed by atoms with van der Waals surface area (Å²) in [7, 11) is 0. The number of hydrogen-bond donors (Lipinski definition) is 1. The average molecular weight is 229 g/mol. The molecule has 1 aromatic carbocycles. The van der Waals surface area contributed by atoms with Crippen LogP contribution < -0.4 is 5.32 Å². The van der Waals surface area contributed by atoms with E-state index in [4.69, 9.17) is 0 Å². The van der Waals surface area contributed by atoms with Gasteiger partial charge in [-0.15, -0.1) is 0 Å². The van der Waals surface area contributed by atoms with Crippen molar-refractivity contribution >= 4 is 0 Å². The van der Waals surface area contributed by atoms with E-state index in [0.717, 1.165) is 5.92 Å². The van der Waals surface area contributed by atoms with E-state index >= 15 is 0 Å². The third-order valence-corrected chi connectivity index (χ3v) is 4.56. The van der Waals surface area contributed by atoms with Gasteiger partial charge in [0.1, 0.15) is 0 Å². The lowest BCUT2D eigenvalue weighted by Crippen LogP contribution is -2.39. The normalized spacial score (nSPS) is 24.1. The topological polar surface area (TPSA) is 12.0 Å². The van der Waals surface area contributed by atoms with Crippen LogP contribution in [0.15, 0.2) is 30.3 Å². The lowest BCUT2D eigenvalue weighted by molar-refractivity contribution is 0.148. The molecule has 0 amide bonds. The second-order valence-electron chi connectivity index (χ2n) is 6.27. The van der Waals surface area contributed by atoms with Gasteiger partial charge in [-0.1, -0.05) is 43.7 Å². The molecule has 0 spiro atoms. The van der Waals surface area contributed by atoms with E-state index in [1.807, 2.05) is 0 Å². The van der Waals surface area contributed by atoms with Crippen molar-refractivity contribution in [3.05, 3.63) is 35.9 Å². The van der Waals surface area contributed by atoms with Gasteiger partial charge in [0, 0.05) is 12.6 Å². The van der Waals surface area contributed by atoms with Crippen molar-refractivity contribution in [1.29, 1.82) is 0 Å². The zero-order valence-electron chi connectivity index (χ0n) is 10.8. The van der Waals surface area contributed by atoms with E-state index in [2.05, 4.69) is 42.6 Å². The van der Waals surface area contributed by atoms with Crippen LogP contribution in [0.25, 0.3) is 0 Å². The molecule has 0 radical (unpaired) electrons.